The largest absolute Gasteiger partial charge is 0.349 e. The van der Waals surface area contributed by atoms with Crippen LogP contribution in [0, 0.1) is 0 Å². The molecule has 0 saturated carbocycles. The maximum absolute atomic E-state index is 5.30. The van der Waals surface area contributed by atoms with Crippen LogP contribution in [0.25, 0.3) is 0 Å². The van der Waals surface area contributed by atoms with Gasteiger partial charge >= 0.3 is 0 Å². The van der Waals surface area contributed by atoms with Gasteiger partial charge in [0.1, 0.15) is 0 Å². The molecule has 0 bridgehead atoms. The van der Waals surface area contributed by atoms with Crippen LogP contribution in [0.4, 0.5) is 0 Å². The summed E-state index contributed by atoms with van der Waals surface area (Å²) in [6.45, 7) is 3.65. The van der Waals surface area contributed by atoms with Crippen molar-refractivity contribution >= 4 is 15.9 Å². The van der Waals surface area contributed by atoms with Gasteiger partial charge in [-0.3, -0.25) is 0 Å². The van der Waals surface area contributed by atoms with Gasteiger partial charge in [0.05, 0.1) is 18.0 Å². The number of hydrogen-bond acceptors (Lipinski definition) is 2. The van der Waals surface area contributed by atoms with Crippen LogP contribution in [0.1, 0.15) is 19.8 Å². The molecule has 0 aromatic carbocycles. The Morgan fingerprint density at radius 2 is 2.10 bits per heavy atom. The first-order chi connectivity index (χ1) is 4.84. The minimum atomic E-state index is -0.0000463. The maximum Gasteiger partial charge on any atom is 0.170 e. The highest BCUT2D eigenvalue weighted by Crippen LogP contribution is 2.19. The summed E-state index contributed by atoms with van der Waals surface area (Å²) in [5, 5.41) is 0. The van der Waals surface area contributed by atoms with Crippen molar-refractivity contribution in [3.05, 3.63) is 0 Å². The Hall–Kier alpha value is 0.400. The molecule has 1 aliphatic rings. The van der Waals surface area contributed by atoms with Gasteiger partial charge in [0.2, 0.25) is 0 Å². The van der Waals surface area contributed by atoms with E-state index in [1.165, 1.54) is 6.42 Å². The molecule has 3 heteroatoms. The number of alkyl halides is 1. The minimum absolute atomic E-state index is 0.0000463. The number of rotatable bonds is 3. The summed E-state index contributed by atoms with van der Waals surface area (Å²) in [6.07, 6.45) is 2.28. The second-order valence-corrected chi connectivity index (χ2v) is 3.59. The van der Waals surface area contributed by atoms with E-state index in [0.717, 1.165) is 19.6 Å². The minimum Gasteiger partial charge on any atom is -0.349 e. The van der Waals surface area contributed by atoms with Crippen molar-refractivity contribution in [2.24, 2.45) is 0 Å². The van der Waals surface area contributed by atoms with Gasteiger partial charge in [-0.15, -0.1) is 0 Å². The van der Waals surface area contributed by atoms with Crippen molar-refractivity contribution in [1.82, 2.24) is 0 Å². The van der Waals surface area contributed by atoms with Gasteiger partial charge in [-0.05, 0) is 6.42 Å². The molecule has 0 spiro atoms. The molecular weight excluding hydrogens is 196 g/mol. The van der Waals surface area contributed by atoms with Crippen LogP contribution in [-0.4, -0.2) is 24.3 Å². The van der Waals surface area contributed by atoms with Crippen molar-refractivity contribution in [2.75, 3.05) is 13.2 Å². The molecule has 2 nitrogen and oxygen atoms in total. The van der Waals surface area contributed by atoms with E-state index in [1.807, 2.05) is 0 Å². The van der Waals surface area contributed by atoms with E-state index in [1.54, 1.807) is 0 Å². The second kappa shape index (κ2) is 4.31. The van der Waals surface area contributed by atoms with Crippen molar-refractivity contribution in [2.45, 2.75) is 30.9 Å². The van der Waals surface area contributed by atoms with Gasteiger partial charge in [-0.1, -0.05) is 29.3 Å². The monoisotopic (exact) mass is 208 g/mol. The third kappa shape index (κ3) is 2.22. The van der Waals surface area contributed by atoms with Gasteiger partial charge in [-0.25, -0.2) is 0 Å². The fourth-order valence-electron chi connectivity index (χ4n) is 0.997. The molecule has 0 radical (unpaired) electrons. The molecule has 0 amide bonds. The van der Waals surface area contributed by atoms with Gasteiger partial charge in [0.25, 0.3) is 0 Å². The van der Waals surface area contributed by atoms with Gasteiger partial charge in [0, 0.05) is 0 Å². The molecule has 10 heavy (non-hydrogen) atoms. The smallest absolute Gasteiger partial charge is 0.170 e. The molecule has 60 valence electrons. The zero-order chi connectivity index (χ0) is 7.40. The molecule has 1 atom stereocenters. The molecule has 1 unspecified atom stereocenters. The van der Waals surface area contributed by atoms with Crippen molar-refractivity contribution in [1.29, 1.82) is 0 Å². The molecular formula is C7H13BrO2. The topological polar surface area (TPSA) is 18.5 Å². The van der Waals surface area contributed by atoms with E-state index >= 15 is 0 Å². The van der Waals surface area contributed by atoms with Gasteiger partial charge in [-0.2, -0.15) is 0 Å². The zero-order valence-corrected chi connectivity index (χ0v) is 7.76. The van der Waals surface area contributed by atoms with Crippen LogP contribution in [-0.2, 0) is 9.47 Å². The maximum atomic E-state index is 5.30. The van der Waals surface area contributed by atoms with Crippen LogP contribution >= 0.6 is 15.9 Å². The summed E-state index contributed by atoms with van der Waals surface area (Å²) in [4.78, 5) is 0.375. The quantitative estimate of drug-likeness (QED) is 0.661. The van der Waals surface area contributed by atoms with E-state index in [9.17, 15) is 0 Å². The highest BCUT2D eigenvalue weighted by molar-refractivity contribution is 9.09. The Kier molecular flexibility index (Phi) is 3.66. The van der Waals surface area contributed by atoms with Gasteiger partial charge < -0.3 is 9.47 Å². The van der Waals surface area contributed by atoms with Crippen LogP contribution in [0.3, 0.4) is 0 Å². The molecule has 0 aliphatic carbocycles. The van der Waals surface area contributed by atoms with Crippen molar-refractivity contribution in [3.63, 3.8) is 0 Å². The van der Waals surface area contributed by atoms with E-state index in [0.29, 0.717) is 4.83 Å². The predicted octanol–water partition coefficient (Wildman–Crippen LogP) is 1.92. The number of ether oxygens (including phenoxy) is 2. The molecule has 1 saturated heterocycles. The highest BCUT2D eigenvalue weighted by Gasteiger charge is 2.23. The first-order valence-electron chi connectivity index (χ1n) is 3.72. The molecule has 1 fully saturated rings. The molecule has 0 aromatic rings. The normalized spacial score (nSPS) is 23.4. The Balaban J connectivity index is 2.18. The zero-order valence-electron chi connectivity index (χ0n) is 6.18. The average molecular weight is 209 g/mol. The third-order valence-corrected chi connectivity index (χ3v) is 2.40. The Bertz CT molecular complexity index is 91.6. The second-order valence-electron chi connectivity index (χ2n) is 2.41. The lowest BCUT2D eigenvalue weighted by molar-refractivity contribution is -0.0415. The molecule has 1 heterocycles. The van der Waals surface area contributed by atoms with Gasteiger partial charge in [0.15, 0.2) is 6.29 Å². The average Bonchev–Trinajstić information content (AvgIpc) is 2.38. The standard InChI is InChI=1S/C7H13BrO2/c1-2-3-6(8)7-9-4-5-10-7/h6-7H,2-5H2,1H3. The van der Waals surface area contributed by atoms with Crippen LogP contribution < -0.4 is 0 Å². The van der Waals surface area contributed by atoms with Crippen molar-refractivity contribution < 1.29 is 9.47 Å². The van der Waals surface area contributed by atoms with Crippen LogP contribution in [0.5, 0.6) is 0 Å². The lowest BCUT2D eigenvalue weighted by Crippen LogP contribution is -2.20. The Morgan fingerprint density at radius 3 is 2.60 bits per heavy atom. The van der Waals surface area contributed by atoms with Crippen LogP contribution in [0.15, 0.2) is 0 Å². The van der Waals surface area contributed by atoms with E-state index in [-0.39, 0.29) is 6.29 Å². The predicted molar refractivity (Wildman–Crippen MR) is 43.3 cm³/mol. The summed E-state index contributed by atoms with van der Waals surface area (Å²) in [5.41, 5.74) is 0. The van der Waals surface area contributed by atoms with E-state index in [2.05, 4.69) is 22.9 Å². The first kappa shape index (κ1) is 8.50. The summed E-state index contributed by atoms with van der Waals surface area (Å²) in [7, 11) is 0. The number of hydrogen-bond donors (Lipinski definition) is 0. The Labute approximate surface area is 70.0 Å². The lowest BCUT2D eigenvalue weighted by atomic mass is 10.2. The summed E-state index contributed by atoms with van der Waals surface area (Å²) in [5.74, 6) is 0. The highest BCUT2D eigenvalue weighted by atomic mass is 79.9. The Morgan fingerprint density at radius 1 is 1.50 bits per heavy atom. The molecule has 1 aliphatic heterocycles. The summed E-state index contributed by atoms with van der Waals surface area (Å²) in [6, 6.07) is 0. The SMILES string of the molecule is CCCC(Br)C1OCCO1. The fourth-order valence-corrected chi connectivity index (χ4v) is 1.76. The molecule has 1 rings (SSSR count). The summed E-state index contributed by atoms with van der Waals surface area (Å²) >= 11 is 3.51. The summed E-state index contributed by atoms with van der Waals surface area (Å²) < 4.78 is 10.6. The van der Waals surface area contributed by atoms with E-state index < -0.39 is 0 Å². The molecule has 0 N–H and O–H groups in total. The van der Waals surface area contributed by atoms with Crippen LogP contribution in [0.2, 0.25) is 0 Å². The molecule has 0 aromatic heterocycles. The lowest BCUT2D eigenvalue weighted by Gasteiger charge is -2.14. The van der Waals surface area contributed by atoms with E-state index in [4.69, 9.17) is 9.47 Å². The fraction of sp³-hybridized carbons (Fsp3) is 1.00. The van der Waals surface area contributed by atoms with Crippen molar-refractivity contribution in [3.8, 4) is 0 Å². The third-order valence-electron chi connectivity index (χ3n) is 1.51. The first-order valence-corrected chi connectivity index (χ1v) is 4.63. The number of halogens is 1.